The number of hydrogen-bond donors (Lipinski definition) is 2. The van der Waals surface area contributed by atoms with Crippen molar-refractivity contribution in [3.05, 3.63) is 29.3 Å². The molecule has 1 rings (SSSR count). The summed E-state index contributed by atoms with van der Waals surface area (Å²) in [4.78, 5) is 24.4. The highest BCUT2D eigenvalue weighted by molar-refractivity contribution is 6.31. The van der Waals surface area contributed by atoms with Gasteiger partial charge < -0.3 is 10.6 Å². The highest BCUT2D eigenvalue weighted by atomic mass is 35.5. The van der Waals surface area contributed by atoms with Gasteiger partial charge in [0.1, 0.15) is 5.41 Å². The van der Waals surface area contributed by atoms with E-state index < -0.39 is 5.41 Å². The van der Waals surface area contributed by atoms with Crippen molar-refractivity contribution >= 4 is 29.1 Å². The summed E-state index contributed by atoms with van der Waals surface area (Å²) in [5.41, 5.74) is -0.571. The molecule has 0 heterocycles. The predicted octanol–water partition coefficient (Wildman–Crippen LogP) is 3.22. The predicted molar refractivity (Wildman–Crippen MR) is 81.8 cm³/mol. The highest BCUT2D eigenvalue weighted by Gasteiger charge is 2.36. The molecule has 110 valence electrons. The Bertz CT molecular complexity index is 500. The lowest BCUT2D eigenvalue weighted by Crippen LogP contribution is -2.47. The maximum absolute atomic E-state index is 12.2. The van der Waals surface area contributed by atoms with E-state index in [-0.39, 0.29) is 17.9 Å². The molecule has 1 aromatic rings. The first kappa shape index (κ1) is 16.5. The van der Waals surface area contributed by atoms with E-state index in [1.54, 1.807) is 38.1 Å². The van der Waals surface area contributed by atoms with E-state index in [0.717, 1.165) is 6.42 Å². The molecule has 0 fully saturated rings. The number of anilines is 1. The zero-order chi connectivity index (χ0) is 15.3. The van der Waals surface area contributed by atoms with Gasteiger partial charge in [0.05, 0.1) is 0 Å². The van der Waals surface area contributed by atoms with Crippen LogP contribution in [0.3, 0.4) is 0 Å². The first-order valence-electron chi connectivity index (χ1n) is 6.65. The third kappa shape index (κ3) is 4.23. The standard InChI is InChI=1S/C15H21ClN2O2/c1-5-10(2)17-13(19)15(3,4)14(20)18-12-8-6-7-11(16)9-12/h6-10H,5H2,1-4H3,(H,17,19)(H,18,20). The van der Waals surface area contributed by atoms with E-state index in [2.05, 4.69) is 10.6 Å². The number of carbonyl (C=O) groups is 2. The summed E-state index contributed by atoms with van der Waals surface area (Å²) in [7, 11) is 0. The van der Waals surface area contributed by atoms with E-state index in [1.165, 1.54) is 0 Å². The third-order valence-electron chi connectivity index (χ3n) is 3.21. The Morgan fingerprint density at radius 3 is 2.50 bits per heavy atom. The number of benzene rings is 1. The summed E-state index contributed by atoms with van der Waals surface area (Å²) in [5, 5.41) is 6.07. The molecule has 0 radical (unpaired) electrons. The molecule has 1 unspecified atom stereocenters. The summed E-state index contributed by atoms with van der Waals surface area (Å²) in [6, 6.07) is 6.87. The summed E-state index contributed by atoms with van der Waals surface area (Å²) >= 11 is 5.86. The average molecular weight is 297 g/mol. The minimum absolute atomic E-state index is 0.0424. The molecule has 0 aliphatic carbocycles. The fourth-order valence-corrected chi connectivity index (χ4v) is 1.65. The summed E-state index contributed by atoms with van der Waals surface area (Å²) in [6.45, 7) is 7.09. The Morgan fingerprint density at radius 1 is 1.30 bits per heavy atom. The van der Waals surface area contributed by atoms with E-state index in [9.17, 15) is 9.59 Å². The van der Waals surface area contributed by atoms with Gasteiger partial charge in [-0.2, -0.15) is 0 Å². The lowest BCUT2D eigenvalue weighted by molar-refractivity contribution is -0.138. The smallest absolute Gasteiger partial charge is 0.239 e. The van der Waals surface area contributed by atoms with Gasteiger partial charge in [0.15, 0.2) is 0 Å². The van der Waals surface area contributed by atoms with Crippen LogP contribution in [0.4, 0.5) is 5.69 Å². The van der Waals surface area contributed by atoms with Crippen molar-refractivity contribution < 1.29 is 9.59 Å². The SMILES string of the molecule is CCC(C)NC(=O)C(C)(C)C(=O)Nc1cccc(Cl)c1. The molecule has 5 heteroatoms. The highest BCUT2D eigenvalue weighted by Crippen LogP contribution is 2.21. The molecular weight excluding hydrogens is 276 g/mol. The van der Waals surface area contributed by atoms with Crippen LogP contribution in [0.2, 0.25) is 5.02 Å². The van der Waals surface area contributed by atoms with Gasteiger partial charge in [-0.1, -0.05) is 24.6 Å². The van der Waals surface area contributed by atoms with Gasteiger partial charge in [-0.15, -0.1) is 0 Å². The van der Waals surface area contributed by atoms with Crippen molar-refractivity contribution in [2.45, 2.75) is 40.2 Å². The Labute approximate surface area is 124 Å². The number of halogens is 1. The molecule has 0 aliphatic heterocycles. The Balaban J connectivity index is 2.76. The van der Waals surface area contributed by atoms with Gasteiger partial charge in [-0.05, 0) is 45.4 Å². The van der Waals surface area contributed by atoms with Crippen LogP contribution in [0, 0.1) is 5.41 Å². The number of carbonyl (C=O) groups excluding carboxylic acids is 2. The quantitative estimate of drug-likeness (QED) is 0.820. The Kier molecular flexibility index (Phi) is 5.57. The van der Waals surface area contributed by atoms with Crippen LogP contribution in [0.1, 0.15) is 34.1 Å². The summed E-state index contributed by atoms with van der Waals surface area (Å²) in [6.07, 6.45) is 0.817. The summed E-state index contributed by atoms with van der Waals surface area (Å²) < 4.78 is 0. The number of hydrogen-bond acceptors (Lipinski definition) is 2. The van der Waals surface area contributed by atoms with Gasteiger partial charge in [-0.25, -0.2) is 0 Å². The Hall–Kier alpha value is -1.55. The van der Waals surface area contributed by atoms with Crippen LogP contribution in [0.5, 0.6) is 0 Å². The molecule has 1 atom stereocenters. The van der Waals surface area contributed by atoms with Gasteiger partial charge in [0, 0.05) is 16.8 Å². The first-order chi connectivity index (χ1) is 9.27. The molecule has 2 amide bonds. The molecule has 0 saturated heterocycles. The Morgan fingerprint density at radius 2 is 1.95 bits per heavy atom. The fourth-order valence-electron chi connectivity index (χ4n) is 1.46. The van der Waals surface area contributed by atoms with Crippen molar-refractivity contribution in [1.82, 2.24) is 5.32 Å². The second-order valence-corrected chi connectivity index (χ2v) is 5.81. The summed E-state index contributed by atoms with van der Waals surface area (Å²) in [5.74, 6) is -0.646. The molecule has 0 saturated carbocycles. The van der Waals surface area contributed by atoms with Crippen LogP contribution in [0.15, 0.2) is 24.3 Å². The monoisotopic (exact) mass is 296 g/mol. The zero-order valence-electron chi connectivity index (χ0n) is 12.3. The average Bonchev–Trinajstić information content (AvgIpc) is 2.38. The second-order valence-electron chi connectivity index (χ2n) is 5.37. The van der Waals surface area contributed by atoms with Gasteiger partial charge in [0.25, 0.3) is 0 Å². The molecule has 2 N–H and O–H groups in total. The normalized spacial score (nSPS) is 12.7. The fraction of sp³-hybridized carbons (Fsp3) is 0.467. The van der Waals surface area contributed by atoms with Gasteiger partial charge in [-0.3, -0.25) is 9.59 Å². The van der Waals surface area contributed by atoms with E-state index in [0.29, 0.717) is 10.7 Å². The largest absolute Gasteiger partial charge is 0.353 e. The van der Waals surface area contributed by atoms with Crippen molar-refractivity contribution in [3.8, 4) is 0 Å². The first-order valence-corrected chi connectivity index (χ1v) is 7.03. The van der Waals surface area contributed by atoms with Crippen LogP contribution < -0.4 is 10.6 Å². The molecule has 0 bridgehead atoms. The van der Waals surface area contributed by atoms with Crippen LogP contribution in [0.25, 0.3) is 0 Å². The number of amides is 2. The molecule has 0 spiro atoms. The molecule has 20 heavy (non-hydrogen) atoms. The van der Waals surface area contributed by atoms with Crippen molar-refractivity contribution in [2.24, 2.45) is 5.41 Å². The van der Waals surface area contributed by atoms with E-state index in [4.69, 9.17) is 11.6 Å². The minimum Gasteiger partial charge on any atom is -0.353 e. The van der Waals surface area contributed by atoms with Crippen molar-refractivity contribution in [3.63, 3.8) is 0 Å². The molecule has 0 aromatic heterocycles. The maximum atomic E-state index is 12.2. The lowest BCUT2D eigenvalue weighted by Gasteiger charge is -2.24. The van der Waals surface area contributed by atoms with Crippen molar-refractivity contribution in [1.29, 1.82) is 0 Å². The van der Waals surface area contributed by atoms with Gasteiger partial charge in [0.2, 0.25) is 11.8 Å². The van der Waals surface area contributed by atoms with Crippen LogP contribution >= 0.6 is 11.6 Å². The topological polar surface area (TPSA) is 58.2 Å². The second kappa shape index (κ2) is 6.75. The van der Waals surface area contributed by atoms with Gasteiger partial charge >= 0.3 is 0 Å². The van der Waals surface area contributed by atoms with Crippen molar-refractivity contribution in [2.75, 3.05) is 5.32 Å². The molecule has 4 nitrogen and oxygen atoms in total. The molecule has 0 aliphatic rings. The van der Waals surface area contributed by atoms with E-state index >= 15 is 0 Å². The number of nitrogens with one attached hydrogen (secondary N) is 2. The minimum atomic E-state index is -1.15. The van der Waals surface area contributed by atoms with E-state index in [1.807, 2.05) is 13.8 Å². The van der Waals surface area contributed by atoms with Crippen LogP contribution in [-0.2, 0) is 9.59 Å². The lowest BCUT2D eigenvalue weighted by atomic mass is 9.90. The third-order valence-corrected chi connectivity index (χ3v) is 3.44. The molecular formula is C15H21ClN2O2. The van der Waals surface area contributed by atoms with Crippen LogP contribution in [-0.4, -0.2) is 17.9 Å². The maximum Gasteiger partial charge on any atom is 0.239 e. The molecule has 1 aromatic carbocycles. The zero-order valence-corrected chi connectivity index (χ0v) is 13.0. The number of rotatable bonds is 5.